The van der Waals surface area contributed by atoms with Crippen LogP contribution in [0.3, 0.4) is 0 Å². The maximum absolute atomic E-state index is 3.59. The van der Waals surface area contributed by atoms with Crippen LogP contribution in [0.5, 0.6) is 0 Å². The molecule has 0 aromatic heterocycles. The van der Waals surface area contributed by atoms with E-state index in [1.165, 1.54) is 77.2 Å². The minimum atomic E-state index is 0.743. The molecule has 0 aromatic rings. The molecule has 1 fully saturated rings. The Bertz CT molecular complexity index is 164. The van der Waals surface area contributed by atoms with Gasteiger partial charge in [-0.25, -0.2) is 0 Å². The molecule has 0 radical (unpaired) electrons. The minimum absolute atomic E-state index is 0.743. The lowest BCUT2D eigenvalue weighted by molar-refractivity contribution is 0.386. The molecule has 0 aliphatic carbocycles. The summed E-state index contributed by atoms with van der Waals surface area (Å²) in [4.78, 5) is 0. The lowest BCUT2D eigenvalue weighted by atomic mass is 10.0. The lowest BCUT2D eigenvalue weighted by Crippen LogP contribution is -2.48. The molecule has 1 rings (SSSR count). The van der Waals surface area contributed by atoms with Crippen LogP contribution >= 0.6 is 0 Å². The van der Waals surface area contributed by atoms with Crippen molar-refractivity contribution in [2.45, 2.75) is 83.6 Å². The minimum Gasteiger partial charge on any atom is -0.314 e. The van der Waals surface area contributed by atoms with Gasteiger partial charge < -0.3 is 10.6 Å². The number of hydrogen-bond acceptors (Lipinski definition) is 2. The van der Waals surface area contributed by atoms with Crippen LogP contribution in [0.25, 0.3) is 0 Å². The first-order chi connectivity index (χ1) is 8.93. The van der Waals surface area contributed by atoms with Crippen molar-refractivity contribution in [2.24, 2.45) is 0 Å². The quantitative estimate of drug-likeness (QED) is 0.547. The maximum Gasteiger partial charge on any atom is 0.0193 e. The second-order valence-corrected chi connectivity index (χ2v) is 5.83. The Morgan fingerprint density at radius 1 is 0.778 bits per heavy atom. The van der Waals surface area contributed by atoms with Gasteiger partial charge in [0, 0.05) is 25.7 Å². The fourth-order valence-electron chi connectivity index (χ4n) is 2.80. The number of nitrogens with one attached hydrogen (secondary N) is 2. The van der Waals surface area contributed by atoms with E-state index in [0.717, 1.165) is 19.1 Å². The second-order valence-electron chi connectivity index (χ2n) is 5.83. The van der Waals surface area contributed by atoms with Crippen LogP contribution in [0.15, 0.2) is 0 Å². The highest BCUT2D eigenvalue weighted by molar-refractivity contribution is 4.74. The fourth-order valence-corrected chi connectivity index (χ4v) is 2.80. The fraction of sp³-hybridized carbons (Fsp3) is 1.00. The molecule has 0 bridgehead atoms. The number of piperazine rings is 1. The van der Waals surface area contributed by atoms with Crippen molar-refractivity contribution in [3.63, 3.8) is 0 Å². The topological polar surface area (TPSA) is 24.1 Å². The monoisotopic (exact) mass is 254 g/mol. The first kappa shape index (κ1) is 16.0. The zero-order valence-corrected chi connectivity index (χ0v) is 12.5. The third-order valence-corrected chi connectivity index (χ3v) is 4.03. The number of hydrogen-bond donors (Lipinski definition) is 2. The zero-order chi connectivity index (χ0) is 12.9. The summed E-state index contributed by atoms with van der Waals surface area (Å²) in [6.07, 6.45) is 15.8. The second kappa shape index (κ2) is 12.0. The molecule has 0 amide bonds. The molecule has 0 spiro atoms. The van der Waals surface area contributed by atoms with E-state index in [1.807, 2.05) is 0 Å². The lowest BCUT2D eigenvalue weighted by Gasteiger charge is -2.24. The van der Waals surface area contributed by atoms with Crippen molar-refractivity contribution in [3.05, 3.63) is 0 Å². The van der Waals surface area contributed by atoms with Gasteiger partial charge in [-0.3, -0.25) is 0 Å². The largest absolute Gasteiger partial charge is 0.314 e. The van der Waals surface area contributed by atoms with Gasteiger partial charge >= 0.3 is 0 Å². The average molecular weight is 254 g/mol. The van der Waals surface area contributed by atoms with Gasteiger partial charge in [0.25, 0.3) is 0 Å². The van der Waals surface area contributed by atoms with Gasteiger partial charge in [0.05, 0.1) is 0 Å². The van der Waals surface area contributed by atoms with Crippen LogP contribution in [-0.2, 0) is 0 Å². The van der Waals surface area contributed by atoms with Crippen LogP contribution in [0.2, 0.25) is 0 Å². The summed E-state index contributed by atoms with van der Waals surface area (Å²) < 4.78 is 0. The predicted molar refractivity (Wildman–Crippen MR) is 81.1 cm³/mol. The molecule has 2 heteroatoms. The molecule has 2 N–H and O–H groups in total. The standard InChI is InChI=1S/C16H34N2/c1-2-3-4-5-6-7-8-9-10-11-12-16-15-17-13-14-18-16/h16-18H,2-15H2,1H3. The predicted octanol–water partition coefficient (Wildman–Crippen LogP) is 3.86. The molecule has 1 atom stereocenters. The van der Waals surface area contributed by atoms with Crippen molar-refractivity contribution in [3.8, 4) is 0 Å². The molecular weight excluding hydrogens is 220 g/mol. The van der Waals surface area contributed by atoms with Crippen LogP contribution in [-0.4, -0.2) is 25.7 Å². The van der Waals surface area contributed by atoms with Crippen LogP contribution in [0, 0.1) is 0 Å². The number of rotatable bonds is 11. The van der Waals surface area contributed by atoms with Gasteiger partial charge in [-0.1, -0.05) is 71.1 Å². The third kappa shape index (κ3) is 8.93. The van der Waals surface area contributed by atoms with E-state index in [2.05, 4.69) is 17.6 Å². The summed E-state index contributed by atoms with van der Waals surface area (Å²) in [5, 5.41) is 7.05. The number of unbranched alkanes of at least 4 members (excludes halogenated alkanes) is 9. The SMILES string of the molecule is CCCCCCCCCCCCC1CNCCN1. The van der Waals surface area contributed by atoms with E-state index in [-0.39, 0.29) is 0 Å². The van der Waals surface area contributed by atoms with Crippen LogP contribution in [0.1, 0.15) is 77.6 Å². The molecule has 1 unspecified atom stereocenters. The van der Waals surface area contributed by atoms with E-state index in [4.69, 9.17) is 0 Å². The summed E-state index contributed by atoms with van der Waals surface area (Å²) in [5.74, 6) is 0. The summed E-state index contributed by atoms with van der Waals surface area (Å²) in [7, 11) is 0. The first-order valence-electron chi connectivity index (χ1n) is 8.37. The molecule has 18 heavy (non-hydrogen) atoms. The molecular formula is C16H34N2. The van der Waals surface area contributed by atoms with E-state index < -0.39 is 0 Å². The molecule has 2 nitrogen and oxygen atoms in total. The van der Waals surface area contributed by atoms with Gasteiger partial charge in [0.2, 0.25) is 0 Å². The van der Waals surface area contributed by atoms with Crippen molar-refractivity contribution >= 4 is 0 Å². The first-order valence-corrected chi connectivity index (χ1v) is 8.37. The Morgan fingerprint density at radius 2 is 1.39 bits per heavy atom. The van der Waals surface area contributed by atoms with Crippen molar-refractivity contribution in [1.29, 1.82) is 0 Å². The van der Waals surface area contributed by atoms with Gasteiger partial charge in [0.1, 0.15) is 0 Å². The smallest absolute Gasteiger partial charge is 0.0193 e. The normalized spacial score (nSPS) is 20.2. The summed E-state index contributed by atoms with van der Waals surface area (Å²) in [6, 6.07) is 0.743. The molecule has 1 aliphatic rings. The van der Waals surface area contributed by atoms with E-state index in [1.54, 1.807) is 0 Å². The summed E-state index contributed by atoms with van der Waals surface area (Å²) >= 11 is 0. The van der Waals surface area contributed by atoms with E-state index in [0.29, 0.717) is 0 Å². The van der Waals surface area contributed by atoms with Crippen molar-refractivity contribution < 1.29 is 0 Å². The Kier molecular flexibility index (Phi) is 10.6. The van der Waals surface area contributed by atoms with Gasteiger partial charge in [0.15, 0.2) is 0 Å². The summed E-state index contributed by atoms with van der Waals surface area (Å²) in [5.41, 5.74) is 0. The van der Waals surface area contributed by atoms with Crippen molar-refractivity contribution in [1.82, 2.24) is 10.6 Å². The molecule has 108 valence electrons. The van der Waals surface area contributed by atoms with Crippen LogP contribution < -0.4 is 10.6 Å². The van der Waals surface area contributed by atoms with Gasteiger partial charge in [-0.15, -0.1) is 0 Å². The van der Waals surface area contributed by atoms with Gasteiger partial charge in [-0.2, -0.15) is 0 Å². The third-order valence-electron chi connectivity index (χ3n) is 4.03. The Hall–Kier alpha value is -0.0800. The Labute approximate surface area is 114 Å². The highest BCUT2D eigenvalue weighted by atomic mass is 15.0. The van der Waals surface area contributed by atoms with Crippen LogP contribution in [0.4, 0.5) is 0 Å². The van der Waals surface area contributed by atoms with E-state index in [9.17, 15) is 0 Å². The summed E-state index contributed by atoms with van der Waals surface area (Å²) in [6.45, 7) is 5.77. The van der Waals surface area contributed by atoms with Gasteiger partial charge in [-0.05, 0) is 6.42 Å². The molecule has 1 saturated heterocycles. The molecule has 1 heterocycles. The van der Waals surface area contributed by atoms with Crippen molar-refractivity contribution in [2.75, 3.05) is 19.6 Å². The highest BCUT2D eigenvalue weighted by Crippen LogP contribution is 2.12. The maximum atomic E-state index is 3.59. The Morgan fingerprint density at radius 3 is 1.94 bits per heavy atom. The average Bonchev–Trinajstić information content (AvgIpc) is 2.42. The highest BCUT2D eigenvalue weighted by Gasteiger charge is 2.10. The Balaban J connectivity index is 1.73. The van der Waals surface area contributed by atoms with E-state index >= 15 is 0 Å². The molecule has 1 aliphatic heterocycles. The zero-order valence-electron chi connectivity index (χ0n) is 12.5. The molecule has 0 aromatic carbocycles. The molecule has 0 saturated carbocycles.